The zero-order valence-corrected chi connectivity index (χ0v) is 14.4. The van der Waals surface area contributed by atoms with Crippen LogP contribution in [0.2, 0.25) is 0 Å². The summed E-state index contributed by atoms with van der Waals surface area (Å²) in [6.07, 6.45) is 3.42. The molecule has 2 heterocycles. The van der Waals surface area contributed by atoms with Crippen molar-refractivity contribution in [3.63, 3.8) is 0 Å². The molecule has 0 aliphatic heterocycles. The minimum atomic E-state index is -0.664. The summed E-state index contributed by atoms with van der Waals surface area (Å²) in [5, 5.41) is 0. The molecule has 0 saturated heterocycles. The molecule has 0 unspecified atom stereocenters. The minimum Gasteiger partial charge on any atom is -0.397 e. The van der Waals surface area contributed by atoms with Gasteiger partial charge in [-0.25, -0.2) is 13.6 Å². The van der Waals surface area contributed by atoms with Crippen LogP contribution >= 0.6 is 0 Å². The third-order valence-electron chi connectivity index (χ3n) is 4.05. The Morgan fingerprint density at radius 2 is 1.81 bits per heavy atom. The summed E-state index contributed by atoms with van der Waals surface area (Å²) in [5.74, 6) is -1.79. The standard InChI is InChI=1S/C20H18F2N2O2/c1-14-11-15(21)12-16(22)19(14)17-7-4-6-10-24(17)13-26-20(25)18-8-3-5-9-23(18)2/h3-12H,13H2,1-2H3/q+2. The van der Waals surface area contributed by atoms with Crippen LogP contribution in [0.5, 0.6) is 0 Å². The van der Waals surface area contributed by atoms with Crippen molar-refractivity contribution in [2.45, 2.75) is 13.7 Å². The molecule has 0 N–H and O–H groups in total. The highest BCUT2D eigenvalue weighted by atomic mass is 19.1. The van der Waals surface area contributed by atoms with Crippen LogP contribution in [0.3, 0.4) is 0 Å². The van der Waals surface area contributed by atoms with Crippen LogP contribution in [-0.4, -0.2) is 5.97 Å². The Bertz CT molecular complexity index is 951. The molecule has 0 saturated carbocycles. The highest BCUT2D eigenvalue weighted by molar-refractivity contribution is 5.85. The van der Waals surface area contributed by atoms with E-state index in [0.29, 0.717) is 17.0 Å². The predicted molar refractivity (Wildman–Crippen MR) is 89.8 cm³/mol. The van der Waals surface area contributed by atoms with E-state index in [0.717, 1.165) is 6.07 Å². The Morgan fingerprint density at radius 1 is 1.08 bits per heavy atom. The number of aromatic nitrogens is 2. The molecule has 26 heavy (non-hydrogen) atoms. The number of carbonyl (C=O) groups is 1. The van der Waals surface area contributed by atoms with Crippen LogP contribution in [0, 0.1) is 18.6 Å². The lowest BCUT2D eigenvalue weighted by Gasteiger charge is -2.08. The van der Waals surface area contributed by atoms with Gasteiger partial charge in [-0.1, -0.05) is 0 Å². The van der Waals surface area contributed by atoms with Gasteiger partial charge in [-0.05, 0) is 30.7 Å². The summed E-state index contributed by atoms with van der Waals surface area (Å²) in [4.78, 5) is 12.3. The molecule has 3 rings (SSSR count). The molecule has 0 spiro atoms. The van der Waals surface area contributed by atoms with Crippen molar-refractivity contribution in [1.82, 2.24) is 0 Å². The molecule has 4 nitrogen and oxygen atoms in total. The quantitative estimate of drug-likeness (QED) is 0.532. The topological polar surface area (TPSA) is 34.1 Å². The second-order valence-corrected chi connectivity index (χ2v) is 5.89. The van der Waals surface area contributed by atoms with E-state index >= 15 is 0 Å². The Balaban J connectivity index is 1.90. The second kappa shape index (κ2) is 7.39. The fraction of sp³-hybridized carbons (Fsp3) is 0.150. The third-order valence-corrected chi connectivity index (χ3v) is 4.05. The lowest BCUT2D eigenvalue weighted by atomic mass is 10.0. The van der Waals surface area contributed by atoms with Crippen LogP contribution in [0.4, 0.5) is 8.78 Å². The molecule has 0 atom stereocenters. The van der Waals surface area contributed by atoms with E-state index < -0.39 is 17.6 Å². The van der Waals surface area contributed by atoms with Gasteiger partial charge in [0.05, 0.1) is 5.56 Å². The maximum Gasteiger partial charge on any atom is 0.408 e. The molecule has 1 aromatic carbocycles. The smallest absolute Gasteiger partial charge is 0.397 e. The van der Waals surface area contributed by atoms with Crippen molar-refractivity contribution in [3.05, 3.63) is 83.8 Å². The molecular weight excluding hydrogens is 338 g/mol. The number of nitrogens with zero attached hydrogens (tertiary/aromatic N) is 2. The van der Waals surface area contributed by atoms with Crippen molar-refractivity contribution in [2.24, 2.45) is 7.05 Å². The number of benzene rings is 1. The van der Waals surface area contributed by atoms with Crippen molar-refractivity contribution in [1.29, 1.82) is 0 Å². The fourth-order valence-electron chi connectivity index (χ4n) is 2.78. The van der Waals surface area contributed by atoms with Gasteiger partial charge in [0.2, 0.25) is 5.69 Å². The SMILES string of the molecule is Cc1cc(F)cc(F)c1-c1cccc[n+]1COC(=O)c1cccc[n+]1C. The highest BCUT2D eigenvalue weighted by Gasteiger charge is 2.23. The van der Waals surface area contributed by atoms with Crippen LogP contribution in [-0.2, 0) is 18.5 Å². The van der Waals surface area contributed by atoms with E-state index in [2.05, 4.69) is 0 Å². The normalized spacial score (nSPS) is 10.6. The van der Waals surface area contributed by atoms with Crippen LogP contribution in [0.1, 0.15) is 16.1 Å². The van der Waals surface area contributed by atoms with Crippen molar-refractivity contribution < 1.29 is 27.4 Å². The van der Waals surface area contributed by atoms with Crippen LogP contribution in [0.25, 0.3) is 11.3 Å². The average molecular weight is 356 g/mol. The van der Waals surface area contributed by atoms with E-state index in [1.54, 1.807) is 71.9 Å². The van der Waals surface area contributed by atoms with E-state index in [9.17, 15) is 13.6 Å². The minimum absolute atomic E-state index is 0.0971. The number of esters is 1. The second-order valence-electron chi connectivity index (χ2n) is 5.89. The van der Waals surface area contributed by atoms with Gasteiger partial charge >= 0.3 is 5.97 Å². The highest BCUT2D eigenvalue weighted by Crippen LogP contribution is 2.24. The summed E-state index contributed by atoms with van der Waals surface area (Å²) in [5.41, 5.74) is 1.62. The van der Waals surface area contributed by atoms with Gasteiger partial charge in [0.1, 0.15) is 18.7 Å². The van der Waals surface area contributed by atoms with Gasteiger partial charge in [0.25, 0.3) is 12.4 Å². The van der Waals surface area contributed by atoms with Gasteiger partial charge < -0.3 is 4.74 Å². The molecule has 2 aromatic heterocycles. The molecule has 6 heteroatoms. The largest absolute Gasteiger partial charge is 0.408 e. The number of hydrogen-bond acceptors (Lipinski definition) is 2. The zero-order chi connectivity index (χ0) is 18.7. The van der Waals surface area contributed by atoms with E-state index in [-0.39, 0.29) is 12.3 Å². The molecular formula is C20H18F2N2O2+2. The first-order valence-corrected chi connectivity index (χ1v) is 8.03. The predicted octanol–water partition coefficient (Wildman–Crippen LogP) is 2.87. The van der Waals surface area contributed by atoms with Crippen molar-refractivity contribution in [3.8, 4) is 11.3 Å². The number of halogens is 2. The van der Waals surface area contributed by atoms with Gasteiger partial charge in [-0.2, -0.15) is 9.13 Å². The maximum atomic E-state index is 14.3. The lowest BCUT2D eigenvalue weighted by molar-refractivity contribution is -0.718. The number of aryl methyl sites for hydroxylation is 2. The first kappa shape index (κ1) is 17.7. The Morgan fingerprint density at radius 3 is 2.54 bits per heavy atom. The van der Waals surface area contributed by atoms with Gasteiger partial charge in [0, 0.05) is 30.3 Å². The maximum absolute atomic E-state index is 14.3. The van der Waals surface area contributed by atoms with E-state index in [1.165, 1.54) is 6.07 Å². The zero-order valence-electron chi connectivity index (χ0n) is 14.4. The molecule has 0 radical (unpaired) electrons. The number of hydrogen-bond donors (Lipinski definition) is 0. The Kier molecular flexibility index (Phi) is 5.02. The summed E-state index contributed by atoms with van der Waals surface area (Å²) in [6, 6.07) is 12.5. The van der Waals surface area contributed by atoms with Gasteiger partial charge in [-0.15, -0.1) is 0 Å². The molecule has 0 fully saturated rings. The molecule has 0 bridgehead atoms. The Hall–Kier alpha value is -3.15. The first-order valence-electron chi connectivity index (χ1n) is 8.03. The fourth-order valence-corrected chi connectivity index (χ4v) is 2.78. The monoisotopic (exact) mass is 356 g/mol. The van der Waals surface area contributed by atoms with Gasteiger partial charge in [0.15, 0.2) is 12.4 Å². The molecule has 3 aromatic rings. The van der Waals surface area contributed by atoms with E-state index in [4.69, 9.17) is 4.74 Å². The first-order chi connectivity index (χ1) is 12.5. The van der Waals surface area contributed by atoms with Crippen molar-refractivity contribution in [2.75, 3.05) is 0 Å². The number of rotatable bonds is 4. The summed E-state index contributed by atoms with van der Waals surface area (Å²) >= 11 is 0. The Labute approximate surface area is 149 Å². The molecule has 132 valence electrons. The van der Waals surface area contributed by atoms with Crippen LogP contribution < -0.4 is 9.13 Å². The molecule has 0 aliphatic rings. The molecule has 0 amide bonds. The third kappa shape index (κ3) is 3.59. The lowest BCUT2D eigenvalue weighted by Crippen LogP contribution is -2.41. The summed E-state index contributed by atoms with van der Waals surface area (Å²) in [7, 11) is 1.74. The molecule has 0 aliphatic carbocycles. The number of pyridine rings is 2. The van der Waals surface area contributed by atoms with Crippen molar-refractivity contribution >= 4 is 5.97 Å². The summed E-state index contributed by atoms with van der Waals surface area (Å²) < 4.78 is 36.3. The summed E-state index contributed by atoms with van der Waals surface area (Å²) in [6.45, 7) is 1.54. The van der Waals surface area contributed by atoms with Crippen LogP contribution in [0.15, 0.2) is 60.9 Å². The van der Waals surface area contributed by atoms with Gasteiger partial charge in [-0.3, -0.25) is 0 Å². The number of ether oxygens (including phenoxy) is 1. The van der Waals surface area contributed by atoms with E-state index in [1.807, 2.05) is 0 Å². The number of carbonyl (C=O) groups excluding carboxylic acids is 1. The average Bonchev–Trinajstić information content (AvgIpc) is 2.60.